The minimum atomic E-state index is 0.0741. The zero-order chi connectivity index (χ0) is 9.35. The van der Waals surface area contributed by atoms with Crippen molar-refractivity contribution in [3.63, 3.8) is 0 Å². The van der Waals surface area contributed by atoms with E-state index in [4.69, 9.17) is 0 Å². The number of hydrogen-bond acceptors (Lipinski definition) is 1. The molecule has 0 aromatic heterocycles. The summed E-state index contributed by atoms with van der Waals surface area (Å²) in [6.07, 6.45) is 3.23. The van der Waals surface area contributed by atoms with Gasteiger partial charge in [0.2, 0.25) is 0 Å². The Balaban J connectivity index is 3.02. The summed E-state index contributed by atoms with van der Waals surface area (Å²) in [6, 6.07) is 0. The van der Waals surface area contributed by atoms with Crippen molar-refractivity contribution in [2.24, 2.45) is 11.3 Å². The maximum Gasteiger partial charge on any atom is 0.123 e. The Morgan fingerprint density at radius 2 is 2.17 bits per heavy atom. The molecule has 1 aliphatic rings. The van der Waals surface area contributed by atoms with E-state index in [0.29, 0.717) is 0 Å². The van der Waals surface area contributed by atoms with Gasteiger partial charge in [0.15, 0.2) is 0 Å². The lowest BCUT2D eigenvalue weighted by Crippen LogP contribution is -2.29. The Morgan fingerprint density at radius 3 is 2.67 bits per heavy atom. The van der Waals surface area contributed by atoms with E-state index in [0.717, 1.165) is 19.1 Å². The predicted octanol–water partition coefficient (Wildman–Crippen LogP) is 3.33. The van der Waals surface area contributed by atoms with E-state index < -0.39 is 0 Å². The van der Waals surface area contributed by atoms with Crippen LogP contribution in [0.25, 0.3) is 0 Å². The van der Waals surface area contributed by atoms with Crippen LogP contribution < -0.4 is 0 Å². The predicted molar refractivity (Wildman–Crippen MR) is 59.3 cm³/mol. The van der Waals surface area contributed by atoms with Crippen LogP contribution in [0.2, 0.25) is 0 Å². The number of hydrogen-bond donors (Lipinski definition) is 0. The van der Waals surface area contributed by atoms with Crippen molar-refractivity contribution in [1.82, 2.24) is 0 Å². The fourth-order valence-corrected chi connectivity index (χ4v) is 2.46. The van der Waals surface area contributed by atoms with E-state index >= 15 is 0 Å². The first-order valence-corrected chi connectivity index (χ1v) is 5.39. The lowest BCUT2D eigenvalue weighted by molar-refractivity contribution is -0.113. The third-order valence-electron chi connectivity index (χ3n) is 2.86. The summed E-state index contributed by atoms with van der Waals surface area (Å²) in [5.41, 5.74) is 1.53. The van der Waals surface area contributed by atoms with Crippen molar-refractivity contribution >= 4 is 28.9 Å². The topological polar surface area (TPSA) is 17.1 Å². The fraction of sp³-hybridized carbons (Fsp3) is 0.700. The first-order valence-electron chi connectivity index (χ1n) is 4.31. The fourth-order valence-electron chi connectivity index (χ4n) is 1.79. The van der Waals surface area contributed by atoms with Crippen LogP contribution in [0.5, 0.6) is 0 Å². The summed E-state index contributed by atoms with van der Waals surface area (Å²) >= 11 is 2.38. The lowest BCUT2D eigenvalue weighted by atomic mass is 9.72. The van der Waals surface area contributed by atoms with E-state index in [2.05, 4.69) is 43.4 Å². The maximum absolute atomic E-state index is 10.8. The second-order valence-electron chi connectivity index (χ2n) is 4.10. The van der Waals surface area contributed by atoms with Crippen LogP contribution in [0.4, 0.5) is 0 Å². The number of carbonyl (C=O) groups excluding carboxylic acids is 1. The molecule has 1 rings (SSSR count). The van der Waals surface area contributed by atoms with Gasteiger partial charge in [-0.05, 0) is 45.9 Å². The van der Waals surface area contributed by atoms with Crippen molar-refractivity contribution in [2.75, 3.05) is 0 Å². The van der Waals surface area contributed by atoms with Crippen molar-refractivity contribution in [2.45, 2.75) is 33.6 Å². The van der Waals surface area contributed by atoms with Gasteiger partial charge < -0.3 is 4.79 Å². The maximum atomic E-state index is 10.8. The first-order chi connectivity index (χ1) is 5.50. The zero-order valence-corrected chi connectivity index (χ0v) is 10.0. The largest absolute Gasteiger partial charge is 0.303 e. The van der Waals surface area contributed by atoms with Gasteiger partial charge in [-0.2, -0.15) is 0 Å². The minimum Gasteiger partial charge on any atom is -0.303 e. The van der Waals surface area contributed by atoms with Crippen LogP contribution in [0, 0.1) is 11.3 Å². The Labute approximate surface area is 87.8 Å². The van der Waals surface area contributed by atoms with Gasteiger partial charge in [0.1, 0.15) is 6.29 Å². The molecule has 1 unspecified atom stereocenters. The molecule has 68 valence electrons. The molecule has 0 aromatic rings. The van der Waals surface area contributed by atoms with Gasteiger partial charge in [-0.1, -0.05) is 19.4 Å². The smallest absolute Gasteiger partial charge is 0.123 e. The van der Waals surface area contributed by atoms with Crippen molar-refractivity contribution in [3.05, 3.63) is 9.15 Å². The van der Waals surface area contributed by atoms with Crippen LogP contribution in [-0.4, -0.2) is 6.29 Å². The normalized spacial score (nSPS) is 28.8. The highest BCUT2D eigenvalue weighted by molar-refractivity contribution is 14.1. The number of carbonyl (C=O) groups is 1. The summed E-state index contributed by atoms with van der Waals surface area (Å²) in [5, 5.41) is 0. The average molecular weight is 278 g/mol. The number of rotatable bonds is 1. The Bertz CT molecular complexity index is 228. The van der Waals surface area contributed by atoms with Crippen LogP contribution in [0.3, 0.4) is 0 Å². The van der Waals surface area contributed by atoms with Crippen LogP contribution in [0.1, 0.15) is 33.6 Å². The number of allylic oxidation sites excluding steroid dienone is 2. The lowest BCUT2D eigenvalue weighted by Gasteiger charge is -2.36. The van der Waals surface area contributed by atoms with Crippen LogP contribution >= 0.6 is 22.6 Å². The second-order valence-corrected chi connectivity index (χ2v) is 5.18. The van der Waals surface area contributed by atoms with E-state index in [9.17, 15) is 4.79 Å². The molecule has 0 bridgehead atoms. The molecule has 1 atom stereocenters. The van der Waals surface area contributed by atoms with Crippen molar-refractivity contribution in [3.8, 4) is 0 Å². The average Bonchev–Trinajstić information content (AvgIpc) is 2.01. The van der Waals surface area contributed by atoms with E-state index in [-0.39, 0.29) is 11.3 Å². The summed E-state index contributed by atoms with van der Waals surface area (Å²) in [4.78, 5) is 10.8. The Kier molecular flexibility index (Phi) is 2.97. The Hall–Kier alpha value is 0.140. The molecule has 0 fully saturated rings. The summed E-state index contributed by atoms with van der Waals surface area (Å²) < 4.78 is 1.38. The van der Waals surface area contributed by atoms with Gasteiger partial charge in [-0.25, -0.2) is 0 Å². The summed E-state index contributed by atoms with van der Waals surface area (Å²) in [6.45, 7) is 6.50. The molecule has 0 aromatic carbocycles. The minimum absolute atomic E-state index is 0.0741. The van der Waals surface area contributed by atoms with Crippen LogP contribution in [0.15, 0.2) is 9.15 Å². The van der Waals surface area contributed by atoms with Gasteiger partial charge in [0, 0.05) is 11.3 Å². The summed E-state index contributed by atoms with van der Waals surface area (Å²) in [7, 11) is 0. The molecule has 12 heavy (non-hydrogen) atoms. The highest BCUT2D eigenvalue weighted by atomic mass is 127. The number of aldehydes is 1. The molecule has 0 N–H and O–H groups in total. The van der Waals surface area contributed by atoms with Crippen molar-refractivity contribution < 1.29 is 4.79 Å². The van der Waals surface area contributed by atoms with Gasteiger partial charge in [0.25, 0.3) is 0 Å². The molecule has 0 saturated carbocycles. The Morgan fingerprint density at radius 1 is 1.58 bits per heavy atom. The SMILES string of the molecule is CC1=C(I)C(C)(C)C(C=O)CC1. The molecule has 1 aliphatic carbocycles. The first kappa shape index (κ1) is 10.2. The molecule has 2 heteroatoms. The highest BCUT2D eigenvalue weighted by Crippen LogP contribution is 2.46. The number of halogens is 1. The monoisotopic (exact) mass is 278 g/mol. The van der Waals surface area contributed by atoms with Crippen LogP contribution in [-0.2, 0) is 4.79 Å². The molecular formula is C10H15IO. The molecule has 0 saturated heterocycles. The standard InChI is InChI=1S/C10H15IO/c1-7-4-5-8(6-12)10(2,3)9(7)11/h6,8H,4-5H2,1-3H3. The quantitative estimate of drug-likeness (QED) is 0.531. The van der Waals surface area contributed by atoms with Gasteiger partial charge in [-0.15, -0.1) is 0 Å². The van der Waals surface area contributed by atoms with E-state index in [1.165, 1.54) is 9.15 Å². The van der Waals surface area contributed by atoms with Gasteiger partial charge in [0.05, 0.1) is 0 Å². The molecule has 1 nitrogen and oxygen atoms in total. The molecular weight excluding hydrogens is 263 g/mol. The van der Waals surface area contributed by atoms with E-state index in [1.807, 2.05) is 0 Å². The zero-order valence-electron chi connectivity index (χ0n) is 7.86. The molecule has 0 radical (unpaired) electrons. The molecule has 0 amide bonds. The third-order valence-corrected chi connectivity index (χ3v) is 5.17. The van der Waals surface area contributed by atoms with E-state index in [1.54, 1.807) is 0 Å². The highest BCUT2D eigenvalue weighted by Gasteiger charge is 2.35. The van der Waals surface area contributed by atoms with Crippen molar-refractivity contribution in [1.29, 1.82) is 0 Å². The third kappa shape index (κ3) is 1.58. The van der Waals surface area contributed by atoms with Gasteiger partial charge >= 0.3 is 0 Å². The second kappa shape index (κ2) is 3.48. The molecule has 0 aliphatic heterocycles. The van der Waals surface area contributed by atoms with Gasteiger partial charge in [-0.3, -0.25) is 0 Å². The molecule has 0 spiro atoms. The molecule has 0 heterocycles. The summed E-state index contributed by atoms with van der Waals surface area (Å²) in [5.74, 6) is 0.216.